The number of ether oxygens (including phenoxy) is 1. The molecular weight excluding hydrogens is 572 g/mol. The van der Waals surface area contributed by atoms with E-state index in [4.69, 9.17) is 14.3 Å². The summed E-state index contributed by atoms with van der Waals surface area (Å²) >= 11 is 0. The first kappa shape index (κ1) is 30.3. The molecule has 0 bridgehead atoms. The van der Waals surface area contributed by atoms with Crippen LogP contribution in [0.2, 0.25) is 0 Å². The van der Waals surface area contributed by atoms with Crippen molar-refractivity contribution in [3.63, 3.8) is 0 Å². The quantitative estimate of drug-likeness (QED) is 0.237. The van der Waals surface area contributed by atoms with Gasteiger partial charge in [0.2, 0.25) is 11.5 Å². The fourth-order valence-electron chi connectivity index (χ4n) is 5.45. The molecule has 5 rings (SSSR count). The van der Waals surface area contributed by atoms with Crippen molar-refractivity contribution in [2.75, 3.05) is 42.6 Å². The summed E-state index contributed by atoms with van der Waals surface area (Å²) in [4.78, 5) is 35.9. The first-order valence-electron chi connectivity index (χ1n) is 14.2. The van der Waals surface area contributed by atoms with Crippen LogP contribution in [0, 0.1) is 17.7 Å². The highest BCUT2D eigenvalue weighted by Gasteiger charge is 2.42. The third kappa shape index (κ3) is 7.26. The van der Waals surface area contributed by atoms with E-state index in [1.165, 1.54) is 18.3 Å². The molecule has 1 unspecified atom stereocenters. The molecule has 2 aliphatic heterocycles. The lowest BCUT2D eigenvalue weighted by molar-refractivity contribution is -0.141. The van der Waals surface area contributed by atoms with Gasteiger partial charge in [0, 0.05) is 38.8 Å². The van der Waals surface area contributed by atoms with E-state index in [1.54, 1.807) is 17.0 Å². The predicted molar refractivity (Wildman–Crippen MR) is 148 cm³/mol. The van der Waals surface area contributed by atoms with E-state index in [0.717, 1.165) is 31.7 Å². The van der Waals surface area contributed by atoms with E-state index in [2.05, 4.69) is 9.97 Å². The van der Waals surface area contributed by atoms with Crippen LogP contribution in [-0.4, -0.2) is 59.6 Å². The van der Waals surface area contributed by atoms with Crippen LogP contribution in [0.4, 0.5) is 29.4 Å². The number of pyridine rings is 1. The zero-order chi connectivity index (χ0) is 30.7. The fourth-order valence-corrected chi connectivity index (χ4v) is 5.45. The maximum absolute atomic E-state index is 14.0. The van der Waals surface area contributed by atoms with E-state index in [1.807, 2.05) is 11.8 Å². The van der Waals surface area contributed by atoms with Crippen molar-refractivity contribution >= 4 is 23.6 Å². The number of benzene rings is 1. The van der Waals surface area contributed by atoms with E-state index in [9.17, 15) is 27.2 Å². The minimum Gasteiger partial charge on any atom is -0.490 e. The molecule has 0 amide bonds. The number of Topliss-reactive ketones (excluding diaryl/α,β-unsaturated/α-hetero) is 1. The van der Waals surface area contributed by atoms with Gasteiger partial charge in [0.25, 0.3) is 6.01 Å². The van der Waals surface area contributed by atoms with Crippen molar-refractivity contribution in [2.45, 2.75) is 45.2 Å². The number of carbonyl (C=O) groups is 2. The van der Waals surface area contributed by atoms with E-state index >= 15 is 0 Å². The van der Waals surface area contributed by atoms with Crippen LogP contribution in [0.15, 0.2) is 40.9 Å². The van der Waals surface area contributed by atoms with Crippen molar-refractivity contribution in [1.82, 2.24) is 9.97 Å². The third-order valence-electron chi connectivity index (χ3n) is 7.83. The third-order valence-corrected chi connectivity index (χ3v) is 7.83. The Morgan fingerprint density at radius 2 is 1.86 bits per heavy atom. The van der Waals surface area contributed by atoms with E-state index in [0.29, 0.717) is 37.6 Å². The number of rotatable bonds is 9. The van der Waals surface area contributed by atoms with Crippen molar-refractivity contribution in [3.8, 4) is 5.75 Å². The minimum atomic E-state index is -4.83. The summed E-state index contributed by atoms with van der Waals surface area (Å²) in [5, 5.41) is 9.10. The second-order valence-electron chi connectivity index (χ2n) is 11.2. The van der Waals surface area contributed by atoms with Crippen molar-refractivity contribution < 1.29 is 41.4 Å². The molecule has 1 atom stereocenters. The minimum absolute atomic E-state index is 0.0547. The lowest BCUT2D eigenvalue weighted by atomic mass is 9.97. The SMILES string of the molecule is CC1CCCN(c2nc(C(F)(F)F)c(C(=O)Cc3ccc(N4CCC(COc5cc(C(=O)O)ccc5F)CC4)nc3)o2)C1. The van der Waals surface area contributed by atoms with Gasteiger partial charge in [-0.1, -0.05) is 13.0 Å². The standard InChI is InChI=1S/C30H32F4N4O5/c1-18-3-2-10-38(16-18)29-36-27(30(32,33)34)26(43-29)23(39)13-20-4-7-25(35-15-20)37-11-8-19(9-12-37)17-42-24-14-21(28(40)41)5-6-22(24)31/h4-7,14-15,18-19H,2-3,8-13,16-17H2,1H3,(H,40,41). The number of anilines is 2. The Labute approximate surface area is 245 Å². The molecule has 0 spiro atoms. The number of carboxylic acid groups (broad SMARTS) is 1. The van der Waals surface area contributed by atoms with E-state index in [-0.39, 0.29) is 42.2 Å². The molecule has 13 heteroatoms. The first-order valence-corrected chi connectivity index (χ1v) is 14.2. The number of hydrogen-bond donors (Lipinski definition) is 1. The summed E-state index contributed by atoms with van der Waals surface area (Å²) in [7, 11) is 0. The van der Waals surface area contributed by atoms with Gasteiger partial charge < -0.3 is 24.1 Å². The molecule has 43 heavy (non-hydrogen) atoms. The van der Waals surface area contributed by atoms with Crippen LogP contribution in [0.1, 0.15) is 64.8 Å². The highest BCUT2D eigenvalue weighted by molar-refractivity contribution is 5.96. The van der Waals surface area contributed by atoms with Crippen LogP contribution in [0.5, 0.6) is 5.75 Å². The van der Waals surface area contributed by atoms with Crippen LogP contribution in [0.3, 0.4) is 0 Å². The summed E-state index contributed by atoms with van der Waals surface area (Å²) in [6, 6.07) is 6.62. The number of piperidine rings is 2. The molecule has 0 radical (unpaired) electrons. The molecule has 4 heterocycles. The van der Waals surface area contributed by atoms with Gasteiger partial charge >= 0.3 is 12.1 Å². The van der Waals surface area contributed by atoms with Gasteiger partial charge in [-0.05, 0) is 67.3 Å². The molecule has 1 N–H and O–H groups in total. The monoisotopic (exact) mass is 604 g/mol. The lowest BCUT2D eigenvalue weighted by Gasteiger charge is -2.32. The Kier molecular flexibility index (Phi) is 8.88. The molecule has 0 saturated carbocycles. The largest absolute Gasteiger partial charge is 0.490 e. The van der Waals surface area contributed by atoms with Crippen LogP contribution >= 0.6 is 0 Å². The van der Waals surface area contributed by atoms with Gasteiger partial charge in [-0.2, -0.15) is 18.2 Å². The highest BCUT2D eigenvalue weighted by atomic mass is 19.4. The van der Waals surface area contributed by atoms with Gasteiger partial charge in [-0.15, -0.1) is 0 Å². The summed E-state index contributed by atoms with van der Waals surface area (Å²) in [5.41, 5.74) is -0.916. The second-order valence-corrected chi connectivity index (χ2v) is 11.2. The molecule has 2 fully saturated rings. The molecule has 1 aromatic carbocycles. The predicted octanol–water partition coefficient (Wildman–Crippen LogP) is 5.88. The van der Waals surface area contributed by atoms with Crippen molar-refractivity contribution in [1.29, 1.82) is 0 Å². The fraction of sp³-hybridized carbons (Fsp3) is 0.467. The normalized spacial score (nSPS) is 18.1. The van der Waals surface area contributed by atoms with Crippen molar-refractivity contribution in [2.24, 2.45) is 11.8 Å². The lowest BCUT2D eigenvalue weighted by Crippen LogP contribution is -2.36. The van der Waals surface area contributed by atoms with Crippen LogP contribution in [0.25, 0.3) is 0 Å². The first-order chi connectivity index (χ1) is 20.5. The number of carbonyl (C=O) groups excluding carboxylic acids is 1. The van der Waals surface area contributed by atoms with E-state index < -0.39 is 35.2 Å². The molecule has 2 saturated heterocycles. The summed E-state index contributed by atoms with van der Waals surface area (Å²) in [5.74, 6) is -2.43. The molecule has 2 aliphatic rings. The number of aromatic nitrogens is 2. The van der Waals surface area contributed by atoms with Gasteiger partial charge in [-0.3, -0.25) is 4.79 Å². The van der Waals surface area contributed by atoms with Crippen LogP contribution < -0.4 is 14.5 Å². The maximum atomic E-state index is 14.0. The number of oxazole rings is 1. The average molecular weight is 605 g/mol. The average Bonchev–Trinajstić information content (AvgIpc) is 3.44. The Balaban J connectivity index is 1.17. The smallest absolute Gasteiger partial charge is 0.437 e. The topological polar surface area (TPSA) is 109 Å². The maximum Gasteiger partial charge on any atom is 0.437 e. The second kappa shape index (κ2) is 12.6. The number of alkyl halides is 3. The summed E-state index contributed by atoms with van der Waals surface area (Å²) < 4.78 is 66.2. The number of ketones is 1. The molecule has 2 aromatic heterocycles. The molecular formula is C30H32F4N4O5. The van der Waals surface area contributed by atoms with Gasteiger partial charge in [0.1, 0.15) is 5.82 Å². The van der Waals surface area contributed by atoms with Gasteiger partial charge in [0.05, 0.1) is 12.2 Å². The highest BCUT2D eigenvalue weighted by Crippen LogP contribution is 2.36. The Bertz CT molecular complexity index is 1450. The molecule has 3 aromatic rings. The molecule has 0 aliphatic carbocycles. The number of nitrogens with zero attached hydrogens (tertiary/aromatic N) is 4. The Morgan fingerprint density at radius 3 is 2.51 bits per heavy atom. The van der Waals surface area contributed by atoms with Crippen molar-refractivity contribution in [3.05, 3.63) is 64.9 Å². The number of halogens is 4. The van der Waals surface area contributed by atoms with Gasteiger partial charge in [-0.25, -0.2) is 14.2 Å². The van der Waals surface area contributed by atoms with Gasteiger partial charge in [0.15, 0.2) is 17.3 Å². The van der Waals surface area contributed by atoms with Crippen LogP contribution in [-0.2, 0) is 12.6 Å². The number of aromatic carboxylic acids is 1. The zero-order valence-electron chi connectivity index (χ0n) is 23.6. The Hall–Kier alpha value is -4.16. The number of carboxylic acids is 1. The molecule has 9 nitrogen and oxygen atoms in total. The summed E-state index contributed by atoms with van der Waals surface area (Å²) in [6.45, 7) is 4.56. The summed E-state index contributed by atoms with van der Waals surface area (Å²) in [6.07, 6.45) is -0.447. The molecule has 230 valence electrons. The Morgan fingerprint density at radius 1 is 1.09 bits per heavy atom. The zero-order valence-corrected chi connectivity index (χ0v) is 23.6. The number of hydrogen-bond acceptors (Lipinski definition) is 8.